The van der Waals surface area contributed by atoms with Crippen molar-refractivity contribution in [3.63, 3.8) is 0 Å². The third-order valence-corrected chi connectivity index (χ3v) is 8.76. The molecular weight excluding hydrogens is 452 g/mol. The van der Waals surface area contributed by atoms with Crippen LogP contribution in [0, 0.1) is 0 Å². The number of aliphatic carboxylic acids is 1. The molecule has 0 saturated heterocycles. The predicted octanol–water partition coefficient (Wildman–Crippen LogP) is 4.51. The Labute approximate surface area is 187 Å². The lowest BCUT2D eigenvalue weighted by molar-refractivity contribution is -0.138. The van der Waals surface area contributed by atoms with Crippen molar-refractivity contribution in [2.45, 2.75) is 16.7 Å². The van der Waals surface area contributed by atoms with E-state index < -0.39 is 22.0 Å². The van der Waals surface area contributed by atoms with Gasteiger partial charge < -0.3 is 5.11 Å². The number of hydrogen-bond donors (Lipinski definition) is 2. The number of nitrogens with zero attached hydrogens (tertiary/aromatic N) is 1. The van der Waals surface area contributed by atoms with Gasteiger partial charge in [0.05, 0.1) is 9.75 Å². The molecule has 0 bridgehead atoms. The van der Waals surface area contributed by atoms with Crippen LogP contribution in [0.1, 0.15) is 5.56 Å². The van der Waals surface area contributed by atoms with Crippen molar-refractivity contribution in [2.75, 3.05) is 0 Å². The summed E-state index contributed by atoms with van der Waals surface area (Å²) in [6.45, 7) is 0. The van der Waals surface area contributed by atoms with Crippen LogP contribution in [0.15, 0.2) is 83.2 Å². The zero-order chi connectivity index (χ0) is 21.8. The molecule has 2 aromatic carbocycles. The highest BCUT2D eigenvalue weighted by Gasteiger charge is 2.27. The van der Waals surface area contributed by atoms with Crippen LogP contribution in [0.2, 0.25) is 0 Å². The maximum atomic E-state index is 12.8. The number of benzene rings is 2. The Kier molecular flexibility index (Phi) is 6.28. The number of thiophene rings is 1. The molecule has 0 spiro atoms. The second kappa shape index (κ2) is 9.11. The first-order chi connectivity index (χ1) is 14.9. The van der Waals surface area contributed by atoms with Gasteiger partial charge in [-0.1, -0.05) is 60.7 Å². The van der Waals surface area contributed by atoms with Crippen molar-refractivity contribution in [1.29, 1.82) is 0 Å². The molecule has 1 atom stereocenters. The lowest BCUT2D eigenvalue weighted by Gasteiger charge is -2.14. The van der Waals surface area contributed by atoms with Gasteiger partial charge in [0.25, 0.3) is 10.0 Å². The first-order valence-corrected chi connectivity index (χ1v) is 12.4. The van der Waals surface area contributed by atoms with E-state index in [4.69, 9.17) is 0 Å². The zero-order valence-corrected chi connectivity index (χ0v) is 18.6. The Morgan fingerprint density at radius 1 is 0.935 bits per heavy atom. The van der Waals surface area contributed by atoms with E-state index in [9.17, 15) is 18.3 Å². The fourth-order valence-corrected chi connectivity index (χ4v) is 6.47. The van der Waals surface area contributed by atoms with E-state index in [0.29, 0.717) is 9.88 Å². The molecule has 0 aliphatic carbocycles. The van der Waals surface area contributed by atoms with Crippen LogP contribution >= 0.6 is 22.7 Å². The standard InChI is InChI=1S/C22H18N2O4S3/c25-22(26)17(13-15-7-3-1-4-8-15)24-31(27,28)20-12-11-18(29-20)21-23-14-19(30-21)16-9-5-2-6-10-16/h1-12,14,17,24H,13H2,(H,25,26)/t17-/m1/s1. The Bertz CT molecular complexity index is 1280. The number of carbonyl (C=O) groups is 1. The molecule has 158 valence electrons. The molecule has 0 aliphatic heterocycles. The topological polar surface area (TPSA) is 96.4 Å². The summed E-state index contributed by atoms with van der Waals surface area (Å²) in [6.07, 6.45) is 1.82. The van der Waals surface area contributed by atoms with Gasteiger partial charge >= 0.3 is 5.97 Å². The molecule has 31 heavy (non-hydrogen) atoms. The average molecular weight is 471 g/mol. The summed E-state index contributed by atoms with van der Waals surface area (Å²) in [7, 11) is -3.99. The lowest BCUT2D eigenvalue weighted by Crippen LogP contribution is -2.42. The highest BCUT2D eigenvalue weighted by molar-refractivity contribution is 7.91. The van der Waals surface area contributed by atoms with Crippen molar-refractivity contribution in [2.24, 2.45) is 0 Å². The normalized spacial score (nSPS) is 12.5. The Hall–Kier alpha value is -2.85. The monoisotopic (exact) mass is 470 g/mol. The highest BCUT2D eigenvalue weighted by Crippen LogP contribution is 2.36. The molecule has 9 heteroatoms. The second-order valence-electron chi connectivity index (χ2n) is 6.72. The first-order valence-electron chi connectivity index (χ1n) is 9.33. The summed E-state index contributed by atoms with van der Waals surface area (Å²) >= 11 is 2.54. The predicted molar refractivity (Wildman–Crippen MR) is 123 cm³/mol. The van der Waals surface area contributed by atoms with E-state index in [-0.39, 0.29) is 10.6 Å². The minimum absolute atomic E-state index is 0.0540. The minimum atomic E-state index is -3.99. The molecule has 0 fully saturated rings. The molecule has 0 amide bonds. The number of sulfonamides is 1. The molecule has 2 aromatic heterocycles. The van der Waals surface area contributed by atoms with Gasteiger partial charge in [0.15, 0.2) is 0 Å². The second-order valence-corrected chi connectivity index (χ2v) is 10.8. The lowest BCUT2D eigenvalue weighted by atomic mass is 10.1. The Morgan fingerprint density at radius 3 is 2.29 bits per heavy atom. The van der Waals surface area contributed by atoms with Gasteiger partial charge in [-0.15, -0.1) is 22.7 Å². The highest BCUT2D eigenvalue weighted by atomic mass is 32.2. The fourth-order valence-electron chi connectivity index (χ4n) is 2.98. The molecule has 0 saturated carbocycles. The molecule has 4 rings (SSSR count). The Balaban J connectivity index is 1.53. The van der Waals surface area contributed by atoms with Gasteiger partial charge in [-0.3, -0.25) is 4.79 Å². The molecule has 0 radical (unpaired) electrons. The Morgan fingerprint density at radius 2 is 1.61 bits per heavy atom. The molecule has 0 aliphatic rings. The van der Waals surface area contributed by atoms with E-state index in [0.717, 1.165) is 27.3 Å². The van der Waals surface area contributed by atoms with Crippen LogP contribution in [0.5, 0.6) is 0 Å². The van der Waals surface area contributed by atoms with Crippen LogP contribution in [-0.2, 0) is 21.2 Å². The van der Waals surface area contributed by atoms with E-state index in [2.05, 4.69) is 9.71 Å². The van der Waals surface area contributed by atoms with E-state index in [1.54, 1.807) is 36.5 Å². The summed E-state index contributed by atoms with van der Waals surface area (Å²) in [4.78, 5) is 17.8. The third kappa shape index (κ3) is 5.08. The van der Waals surface area contributed by atoms with Crippen LogP contribution in [-0.4, -0.2) is 30.5 Å². The number of thiazole rings is 1. The van der Waals surface area contributed by atoms with Gasteiger partial charge in [0.1, 0.15) is 15.3 Å². The summed E-state index contributed by atoms with van der Waals surface area (Å²) in [5, 5.41) is 10.2. The molecular formula is C22H18N2O4S3. The maximum absolute atomic E-state index is 12.8. The molecule has 0 unspecified atom stereocenters. The molecule has 2 N–H and O–H groups in total. The zero-order valence-electron chi connectivity index (χ0n) is 16.1. The van der Waals surface area contributed by atoms with Crippen molar-refractivity contribution >= 4 is 38.7 Å². The van der Waals surface area contributed by atoms with Gasteiger partial charge in [-0.2, -0.15) is 4.72 Å². The van der Waals surface area contributed by atoms with Crippen LogP contribution < -0.4 is 4.72 Å². The van der Waals surface area contributed by atoms with Gasteiger partial charge in [-0.05, 0) is 29.7 Å². The van der Waals surface area contributed by atoms with Crippen molar-refractivity contribution in [3.05, 3.63) is 84.6 Å². The van der Waals surface area contributed by atoms with Gasteiger partial charge in [-0.25, -0.2) is 13.4 Å². The van der Waals surface area contributed by atoms with Crippen molar-refractivity contribution in [1.82, 2.24) is 9.71 Å². The van der Waals surface area contributed by atoms with E-state index in [1.165, 1.54) is 17.4 Å². The average Bonchev–Trinajstić information content (AvgIpc) is 3.45. The number of aromatic nitrogens is 1. The minimum Gasteiger partial charge on any atom is -0.480 e. The summed E-state index contributed by atoms with van der Waals surface area (Å²) in [5.41, 5.74) is 1.78. The number of rotatable bonds is 8. The van der Waals surface area contributed by atoms with Gasteiger partial charge in [0.2, 0.25) is 0 Å². The van der Waals surface area contributed by atoms with Crippen molar-refractivity contribution < 1.29 is 18.3 Å². The van der Waals surface area contributed by atoms with Crippen LogP contribution in [0.25, 0.3) is 20.3 Å². The van der Waals surface area contributed by atoms with E-state index >= 15 is 0 Å². The van der Waals surface area contributed by atoms with Crippen LogP contribution in [0.3, 0.4) is 0 Å². The van der Waals surface area contributed by atoms with Crippen LogP contribution in [0.4, 0.5) is 0 Å². The smallest absolute Gasteiger partial charge is 0.322 e. The number of hydrogen-bond acceptors (Lipinski definition) is 6. The first kappa shape index (κ1) is 21.4. The quantitative estimate of drug-likeness (QED) is 0.395. The molecule has 2 heterocycles. The summed E-state index contributed by atoms with van der Waals surface area (Å²) in [5.74, 6) is -1.23. The van der Waals surface area contributed by atoms with Crippen molar-refractivity contribution in [3.8, 4) is 20.3 Å². The number of carboxylic acid groups (broad SMARTS) is 1. The largest absolute Gasteiger partial charge is 0.480 e. The fraction of sp³-hybridized carbons (Fsp3) is 0.0909. The molecule has 6 nitrogen and oxygen atoms in total. The van der Waals surface area contributed by atoms with Gasteiger partial charge in [0, 0.05) is 6.20 Å². The SMILES string of the molecule is O=C(O)[C@@H](Cc1ccccc1)NS(=O)(=O)c1ccc(-c2ncc(-c3ccccc3)s2)s1. The third-order valence-electron chi connectivity index (χ3n) is 4.50. The molecule has 4 aromatic rings. The summed E-state index contributed by atoms with van der Waals surface area (Å²) in [6, 6.07) is 20.6. The number of carboxylic acids is 1. The number of nitrogens with one attached hydrogen (secondary N) is 1. The van der Waals surface area contributed by atoms with E-state index in [1.807, 2.05) is 36.4 Å². The summed E-state index contributed by atoms with van der Waals surface area (Å²) < 4.78 is 28.0. The maximum Gasteiger partial charge on any atom is 0.322 e.